The van der Waals surface area contributed by atoms with Crippen LogP contribution < -0.4 is 0 Å². The molecule has 0 bridgehead atoms. The van der Waals surface area contributed by atoms with Crippen molar-refractivity contribution >= 4 is 7.82 Å². The molecule has 9 heavy (non-hydrogen) atoms. The summed E-state index contributed by atoms with van der Waals surface area (Å²) < 4.78 is 23.0. The molecule has 1 aliphatic heterocycles. The van der Waals surface area contributed by atoms with Gasteiger partial charge < -0.3 is 0 Å². The summed E-state index contributed by atoms with van der Waals surface area (Å²) in [4.78, 5) is 0. The van der Waals surface area contributed by atoms with Gasteiger partial charge >= 0.3 is 7.82 Å². The van der Waals surface area contributed by atoms with Gasteiger partial charge in [0, 0.05) is 0 Å². The summed E-state index contributed by atoms with van der Waals surface area (Å²) >= 11 is 0. The van der Waals surface area contributed by atoms with Crippen molar-refractivity contribution in [3.05, 3.63) is 12.7 Å². The minimum atomic E-state index is -3.30. The second kappa shape index (κ2) is 2.60. The molecule has 52 valence electrons. The lowest BCUT2D eigenvalue weighted by atomic mass is 10.7. The lowest BCUT2D eigenvalue weighted by Crippen LogP contribution is -2.09. The highest BCUT2D eigenvalue weighted by Crippen LogP contribution is 2.57. The summed E-state index contributed by atoms with van der Waals surface area (Å²) in [5.74, 6) is 0. The molecule has 1 fully saturated rings. The maximum Gasteiger partial charge on any atom is 0.534 e. The van der Waals surface area contributed by atoms with Crippen LogP contribution in [-0.4, -0.2) is 6.61 Å². The zero-order valence-electron chi connectivity index (χ0n) is 4.48. The molecule has 0 N–H and O–H groups in total. The Hall–Kier alpha value is -0.190. The number of hydrogen-bond donors (Lipinski definition) is 0. The van der Waals surface area contributed by atoms with E-state index in [2.05, 4.69) is 25.5 Å². The van der Waals surface area contributed by atoms with Gasteiger partial charge in [0.2, 0.25) is 0 Å². The highest BCUT2D eigenvalue weighted by molar-refractivity contribution is 7.48. The summed E-state index contributed by atoms with van der Waals surface area (Å²) in [6, 6.07) is 0. The minimum absolute atomic E-state index is 0.112. The maximum absolute atomic E-state index is 10.6. The molecule has 1 aliphatic rings. The van der Waals surface area contributed by atoms with Crippen molar-refractivity contribution in [1.82, 2.24) is 0 Å². The van der Waals surface area contributed by atoms with Gasteiger partial charge in [0.15, 0.2) is 0 Å². The van der Waals surface area contributed by atoms with Crippen LogP contribution in [0.15, 0.2) is 12.7 Å². The SMILES string of the molecule is C=CCOP1(=O)OOO1. The molecule has 0 aromatic carbocycles. The second-order valence-electron chi connectivity index (χ2n) is 1.25. The molecule has 1 saturated heterocycles. The third-order valence-electron chi connectivity index (χ3n) is 0.594. The lowest BCUT2D eigenvalue weighted by molar-refractivity contribution is -0.499. The van der Waals surface area contributed by atoms with Crippen molar-refractivity contribution in [2.75, 3.05) is 6.61 Å². The molecule has 0 aliphatic carbocycles. The van der Waals surface area contributed by atoms with E-state index < -0.39 is 7.82 Å². The molecule has 0 saturated carbocycles. The van der Waals surface area contributed by atoms with E-state index in [1.54, 1.807) is 0 Å². The average Bonchev–Trinajstić information content (AvgIpc) is 1.79. The van der Waals surface area contributed by atoms with Gasteiger partial charge in [0.25, 0.3) is 0 Å². The molecule has 0 spiro atoms. The summed E-state index contributed by atoms with van der Waals surface area (Å²) in [6.07, 6.45) is 1.42. The Balaban J connectivity index is 2.25. The zero-order chi connectivity index (χ0) is 6.74. The van der Waals surface area contributed by atoms with Crippen LogP contribution >= 0.6 is 7.82 Å². The van der Waals surface area contributed by atoms with Crippen molar-refractivity contribution < 1.29 is 23.5 Å². The summed E-state index contributed by atoms with van der Waals surface area (Å²) in [5.41, 5.74) is 0. The average molecular weight is 152 g/mol. The third kappa shape index (κ3) is 1.61. The Morgan fingerprint density at radius 3 is 2.67 bits per heavy atom. The molecule has 1 rings (SSSR count). The first-order valence-corrected chi connectivity index (χ1v) is 3.63. The van der Waals surface area contributed by atoms with Crippen LogP contribution in [0.1, 0.15) is 0 Å². The van der Waals surface area contributed by atoms with Crippen molar-refractivity contribution in [2.24, 2.45) is 0 Å². The van der Waals surface area contributed by atoms with Gasteiger partial charge in [0.05, 0.1) is 6.61 Å². The van der Waals surface area contributed by atoms with E-state index >= 15 is 0 Å². The fraction of sp³-hybridized carbons (Fsp3) is 0.333. The fourth-order valence-electron chi connectivity index (χ4n) is 0.267. The predicted octanol–water partition coefficient (Wildman–Crippen LogP) is 1.19. The van der Waals surface area contributed by atoms with Crippen LogP contribution in [0, 0.1) is 0 Å². The monoisotopic (exact) mass is 152 g/mol. The van der Waals surface area contributed by atoms with Gasteiger partial charge in [-0.15, -0.1) is 6.58 Å². The molecule has 6 heteroatoms. The number of rotatable bonds is 3. The fourth-order valence-corrected chi connectivity index (χ4v) is 0.801. The van der Waals surface area contributed by atoms with Gasteiger partial charge in [0.1, 0.15) is 0 Å². The first-order valence-electron chi connectivity index (χ1n) is 2.17. The van der Waals surface area contributed by atoms with E-state index in [0.29, 0.717) is 0 Å². The van der Waals surface area contributed by atoms with E-state index in [0.717, 1.165) is 0 Å². The van der Waals surface area contributed by atoms with E-state index in [1.165, 1.54) is 6.08 Å². The molecule has 0 unspecified atom stereocenters. The Bertz CT molecular complexity index is 146. The molecule has 1 heterocycles. The first kappa shape index (κ1) is 6.92. The highest BCUT2D eigenvalue weighted by atomic mass is 31.2. The lowest BCUT2D eigenvalue weighted by Gasteiger charge is -2.19. The van der Waals surface area contributed by atoms with E-state index in [9.17, 15) is 4.57 Å². The Labute approximate surface area is 51.6 Å². The Morgan fingerprint density at radius 2 is 2.33 bits per heavy atom. The van der Waals surface area contributed by atoms with Crippen LogP contribution in [0.3, 0.4) is 0 Å². The van der Waals surface area contributed by atoms with Crippen molar-refractivity contribution in [1.29, 1.82) is 0 Å². The second-order valence-corrected chi connectivity index (χ2v) is 2.70. The van der Waals surface area contributed by atoms with Gasteiger partial charge in [-0.2, -0.15) is 0 Å². The van der Waals surface area contributed by atoms with Crippen molar-refractivity contribution in [3.8, 4) is 0 Å². The topological polar surface area (TPSA) is 54.0 Å². The standard InChI is InChI=1S/C3H5O5P/c1-2-3-5-9(4)7-6-8-9/h2H,1,3H2. The van der Waals surface area contributed by atoms with Gasteiger partial charge in [-0.3, -0.25) is 4.52 Å². The minimum Gasteiger partial charge on any atom is -0.279 e. The maximum atomic E-state index is 10.6. The largest absolute Gasteiger partial charge is 0.534 e. The van der Waals surface area contributed by atoms with Crippen LogP contribution in [0.4, 0.5) is 0 Å². The normalized spacial score (nSPS) is 22.7. The van der Waals surface area contributed by atoms with Crippen LogP contribution in [0.5, 0.6) is 0 Å². The quantitative estimate of drug-likeness (QED) is 0.345. The summed E-state index contributed by atoms with van der Waals surface area (Å²) in [5, 5.41) is 3.71. The van der Waals surface area contributed by atoms with E-state index in [4.69, 9.17) is 0 Å². The molecule has 0 amide bonds. The van der Waals surface area contributed by atoms with Gasteiger partial charge in [-0.1, -0.05) is 15.4 Å². The summed E-state index contributed by atoms with van der Waals surface area (Å²) in [6.45, 7) is 3.44. The Morgan fingerprint density at radius 1 is 1.67 bits per heavy atom. The van der Waals surface area contributed by atoms with Crippen LogP contribution in [0.25, 0.3) is 0 Å². The molecule has 0 atom stereocenters. The first-order chi connectivity index (χ1) is 4.27. The molecule has 0 aromatic heterocycles. The molecule has 0 radical (unpaired) electrons. The number of hydrogen-bond acceptors (Lipinski definition) is 5. The predicted molar refractivity (Wildman–Crippen MR) is 27.0 cm³/mol. The molecular weight excluding hydrogens is 147 g/mol. The summed E-state index contributed by atoms with van der Waals surface area (Å²) in [7, 11) is -3.30. The van der Waals surface area contributed by atoms with E-state index in [-0.39, 0.29) is 6.61 Å². The third-order valence-corrected chi connectivity index (χ3v) is 1.55. The van der Waals surface area contributed by atoms with Crippen molar-refractivity contribution in [3.63, 3.8) is 0 Å². The molecule has 0 aromatic rings. The van der Waals surface area contributed by atoms with Crippen LogP contribution in [0.2, 0.25) is 0 Å². The zero-order valence-corrected chi connectivity index (χ0v) is 5.37. The van der Waals surface area contributed by atoms with Gasteiger partial charge in [-0.25, -0.2) is 4.57 Å². The molecular formula is C3H5O5P. The van der Waals surface area contributed by atoms with Gasteiger partial charge in [-0.05, 0) is 5.04 Å². The molecule has 5 nitrogen and oxygen atoms in total. The van der Waals surface area contributed by atoms with Crippen molar-refractivity contribution in [2.45, 2.75) is 0 Å². The Kier molecular flexibility index (Phi) is 2.00. The smallest absolute Gasteiger partial charge is 0.279 e. The highest BCUT2D eigenvalue weighted by Gasteiger charge is 2.40. The van der Waals surface area contributed by atoms with Crippen LogP contribution in [-0.2, 0) is 23.5 Å². The van der Waals surface area contributed by atoms with E-state index in [1.807, 2.05) is 0 Å². The number of phosphoric acid groups is 1.